The molecule has 1 aliphatic rings. The molecule has 20 heavy (non-hydrogen) atoms. The number of amides is 2. The van der Waals surface area contributed by atoms with Crippen LogP contribution in [0.1, 0.15) is 17.5 Å². The van der Waals surface area contributed by atoms with Crippen molar-refractivity contribution < 1.29 is 18.7 Å². The number of carbonyl (C=O) groups excluding carboxylic acids is 2. The summed E-state index contributed by atoms with van der Waals surface area (Å²) in [5.74, 6) is -0.775. The molecule has 2 atom stereocenters. The van der Waals surface area contributed by atoms with Gasteiger partial charge in [0.05, 0.1) is 25.5 Å². The molecule has 2 rings (SSSR count). The lowest BCUT2D eigenvalue weighted by Crippen LogP contribution is -2.52. The molecule has 2 unspecified atom stereocenters. The number of morpholine rings is 1. The Bertz CT molecular complexity index is 458. The largest absolute Gasteiger partial charge is 0.459 e. The van der Waals surface area contributed by atoms with Gasteiger partial charge in [-0.1, -0.05) is 0 Å². The fourth-order valence-corrected chi connectivity index (χ4v) is 2.03. The Kier molecular flexibility index (Phi) is 4.89. The van der Waals surface area contributed by atoms with Crippen LogP contribution in [0.25, 0.3) is 0 Å². The fraction of sp³-hybridized carbons (Fsp3) is 0.538. The lowest BCUT2D eigenvalue weighted by Gasteiger charge is -2.34. The number of nitrogens with two attached hydrogens (primary N) is 1. The van der Waals surface area contributed by atoms with Crippen LogP contribution < -0.4 is 11.1 Å². The van der Waals surface area contributed by atoms with Crippen LogP contribution in [0.2, 0.25) is 0 Å². The van der Waals surface area contributed by atoms with E-state index >= 15 is 0 Å². The van der Waals surface area contributed by atoms with Crippen LogP contribution in [0.4, 0.5) is 0 Å². The third kappa shape index (κ3) is 3.89. The van der Waals surface area contributed by atoms with Crippen LogP contribution in [-0.2, 0) is 9.53 Å². The highest BCUT2D eigenvalue weighted by Crippen LogP contribution is 2.07. The first-order valence-electron chi connectivity index (χ1n) is 6.53. The van der Waals surface area contributed by atoms with Gasteiger partial charge in [-0.25, -0.2) is 0 Å². The van der Waals surface area contributed by atoms with E-state index in [-0.39, 0.29) is 30.4 Å². The van der Waals surface area contributed by atoms with E-state index in [9.17, 15) is 9.59 Å². The first-order valence-corrected chi connectivity index (χ1v) is 6.53. The summed E-state index contributed by atoms with van der Waals surface area (Å²) in [7, 11) is 0. The van der Waals surface area contributed by atoms with Crippen LogP contribution in [0.5, 0.6) is 0 Å². The average Bonchev–Trinajstić information content (AvgIpc) is 2.92. The molecule has 0 saturated carbocycles. The molecule has 1 saturated heterocycles. The van der Waals surface area contributed by atoms with E-state index in [0.29, 0.717) is 19.7 Å². The van der Waals surface area contributed by atoms with E-state index in [2.05, 4.69) is 5.32 Å². The zero-order valence-corrected chi connectivity index (χ0v) is 11.4. The van der Waals surface area contributed by atoms with Crippen molar-refractivity contribution in [1.82, 2.24) is 10.2 Å². The van der Waals surface area contributed by atoms with Crippen molar-refractivity contribution in [2.24, 2.45) is 5.73 Å². The van der Waals surface area contributed by atoms with Gasteiger partial charge in [0.25, 0.3) is 5.91 Å². The second kappa shape index (κ2) is 6.65. The molecule has 0 aromatic carbocycles. The number of nitrogens with zero attached hydrogens (tertiary/aromatic N) is 1. The number of hydrogen-bond donors (Lipinski definition) is 2. The highest BCUT2D eigenvalue weighted by atomic mass is 16.5. The van der Waals surface area contributed by atoms with E-state index < -0.39 is 5.91 Å². The minimum absolute atomic E-state index is 0.0858. The van der Waals surface area contributed by atoms with Gasteiger partial charge >= 0.3 is 0 Å². The lowest BCUT2D eigenvalue weighted by atomic mass is 10.1. The second-order valence-corrected chi connectivity index (χ2v) is 4.86. The Morgan fingerprint density at radius 2 is 2.40 bits per heavy atom. The summed E-state index contributed by atoms with van der Waals surface area (Å²) < 4.78 is 10.4. The van der Waals surface area contributed by atoms with E-state index in [4.69, 9.17) is 14.9 Å². The predicted molar refractivity (Wildman–Crippen MR) is 71.0 cm³/mol. The molecule has 0 radical (unpaired) electrons. The summed E-state index contributed by atoms with van der Waals surface area (Å²) in [6.45, 7) is 3.77. The van der Waals surface area contributed by atoms with Crippen molar-refractivity contribution >= 4 is 11.8 Å². The summed E-state index contributed by atoms with van der Waals surface area (Å²) >= 11 is 0. The number of hydrogen-bond acceptors (Lipinski definition) is 6. The quantitative estimate of drug-likeness (QED) is 0.778. The van der Waals surface area contributed by atoms with E-state index in [1.165, 1.54) is 12.3 Å². The molecule has 110 valence electrons. The van der Waals surface area contributed by atoms with Gasteiger partial charge in [-0.2, -0.15) is 0 Å². The summed E-state index contributed by atoms with van der Waals surface area (Å²) in [6.07, 6.45) is 1.30. The van der Waals surface area contributed by atoms with Crippen molar-refractivity contribution in [3.05, 3.63) is 24.2 Å². The van der Waals surface area contributed by atoms with Crippen LogP contribution >= 0.6 is 0 Å². The SMILES string of the molecule is CC(N)C1CN(CC(=O)NC(=O)c2ccco2)CCO1. The van der Waals surface area contributed by atoms with Crippen LogP contribution in [0.15, 0.2) is 22.8 Å². The Balaban J connectivity index is 1.81. The van der Waals surface area contributed by atoms with Gasteiger partial charge in [-0.05, 0) is 19.1 Å². The van der Waals surface area contributed by atoms with Gasteiger partial charge in [0.15, 0.2) is 5.76 Å². The van der Waals surface area contributed by atoms with Crippen molar-refractivity contribution in [1.29, 1.82) is 0 Å². The Morgan fingerprint density at radius 3 is 3.05 bits per heavy atom. The van der Waals surface area contributed by atoms with Crippen LogP contribution in [0, 0.1) is 0 Å². The van der Waals surface area contributed by atoms with E-state index in [1.54, 1.807) is 6.07 Å². The smallest absolute Gasteiger partial charge is 0.293 e. The minimum atomic E-state index is -0.531. The predicted octanol–water partition coefficient (Wildman–Crippen LogP) is -0.416. The minimum Gasteiger partial charge on any atom is -0.459 e. The first kappa shape index (κ1) is 14.7. The van der Waals surface area contributed by atoms with E-state index in [0.717, 1.165) is 0 Å². The lowest BCUT2D eigenvalue weighted by molar-refractivity contribution is -0.123. The molecule has 1 aromatic rings. The molecule has 0 spiro atoms. The van der Waals surface area contributed by atoms with Gasteiger partial charge < -0.3 is 14.9 Å². The zero-order chi connectivity index (χ0) is 14.5. The topological polar surface area (TPSA) is 97.8 Å². The second-order valence-electron chi connectivity index (χ2n) is 4.86. The maximum Gasteiger partial charge on any atom is 0.293 e. The standard InChI is InChI=1S/C13H19N3O4/c1-9(14)11-7-16(4-6-20-11)8-12(17)15-13(18)10-3-2-5-19-10/h2-3,5,9,11H,4,6-8,14H2,1H3,(H,15,17,18). The maximum absolute atomic E-state index is 11.8. The summed E-state index contributed by atoms with van der Waals surface area (Å²) in [6, 6.07) is 3.00. The molecule has 7 nitrogen and oxygen atoms in total. The number of carbonyl (C=O) groups is 2. The van der Waals surface area contributed by atoms with Gasteiger partial charge in [0, 0.05) is 19.1 Å². The third-order valence-electron chi connectivity index (χ3n) is 3.13. The van der Waals surface area contributed by atoms with Gasteiger partial charge in [0.2, 0.25) is 5.91 Å². The normalized spacial score (nSPS) is 21.4. The maximum atomic E-state index is 11.8. The Labute approximate surface area is 117 Å². The number of furan rings is 1. The van der Waals surface area contributed by atoms with E-state index in [1.807, 2.05) is 11.8 Å². The Hall–Kier alpha value is -1.70. The molecule has 1 aliphatic heterocycles. The van der Waals surface area contributed by atoms with Crippen LogP contribution in [-0.4, -0.2) is 55.1 Å². The summed E-state index contributed by atoms with van der Waals surface area (Å²) in [4.78, 5) is 25.4. The van der Waals surface area contributed by atoms with Crippen molar-refractivity contribution in [3.8, 4) is 0 Å². The van der Waals surface area contributed by atoms with Crippen molar-refractivity contribution in [2.75, 3.05) is 26.2 Å². The molecular formula is C13H19N3O4. The first-order chi connectivity index (χ1) is 9.56. The molecular weight excluding hydrogens is 262 g/mol. The number of ether oxygens (including phenoxy) is 1. The molecule has 0 bridgehead atoms. The monoisotopic (exact) mass is 281 g/mol. The molecule has 7 heteroatoms. The fourth-order valence-electron chi connectivity index (χ4n) is 2.03. The molecule has 1 aromatic heterocycles. The molecule has 2 amide bonds. The van der Waals surface area contributed by atoms with Gasteiger partial charge in [0.1, 0.15) is 0 Å². The summed E-state index contributed by atoms with van der Waals surface area (Å²) in [5, 5.41) is 2.29. The van der Waals surface area contributed by atoms with Gasteiger partial charge in [-0.3, -0.25) is 19.8 Å². The zero-order valence-electron chi connectivity index (χ0n) is 11.4. The third-order valence-corrected chi connectivity index (χ3v) is 3.13. The average molecular weight is 281 g/mol. The summed E-state index contributed by atoms with van der Waals surface area (Å²) in [5.41, 5.74) is 5.79. The molecule has 0 aliphatic carbocycles. The number of imide groups is 1. The number of nitrogens with one attached hydrogen (secondary N) is 1. The van der Waals surface area contributed by atoms with Crippen molar-refractivity contribution in [2.45, 2.75) is 19.1 Å². The van der Waals surface area contributed by atoms with Gasteiger partial charge in [-0.15, -0.1) is 0 Å². The molecule has 2 heterocycles. The van der Waals surface area contributed by atoms with Crippen LogP contribution in [0.3, 0.4) is 0 Å². The van der Waals surface area contributed by atoms with Crippen molar-refractivity contribution in [3.63, 3.8) is 0 Å². The highest BCUT2D eigenvalue weighted by molar-refractivity contribution is 6.03. The highest BCUT2D eigenvalue weighted by Gasteiger charge is 2.25. The number of rotatable bonds is 4. The molecule has 1 fully saturated rings. The Morgan fingerprint density at radius 1 is 1.60 bits per heavy atom. The molecule has 3 N–H and O–H groups in total.